The molecule has 25 heavy (non-hydrogen) atoms. The topological polar surface area (TPSA) is 29.1 Å². The van der Waals surface area contributed by atoms with Crippen LogP contribution < -0.4 is 5.32 Å². The van der Waals surface area contributed by atoms with Crippen molar-refractivity contribution in [2.45, 2.75) is 25.7 Å². The van der Waals surface area contributed by atoms with Crippen molar-refractivity contribution in [3.63, 3.8) is 0 Å². The van der Waals surface area contributed by atoms with Crippen LogP contribution in [0.3, 0.4) is 0 Å². The van der Waals surface area contributed by atoms with E-state index in [9.17, 15) is 4.79 Å². The molecule has 126 valence electrons. The van der Waals surface area contributed by atoms with Crippen molar-refractivity contribution in [1.29, 1.82) is 0 Å². The number of hydrogen-bond donors (Lipinski definition) is 1. The molecule has 2 heteroatoms. The molecular formula is C23H23NO. The Morgan fingerprint density at radius 2 is 1.44 bits per heavy atom. The highest BCUT2D eigenvalue weighted by Gasteiger charge is 2.19. The van der Waals surface area contributed by atoms with Gasteiger partial charge in [0.2, 0.25) is 5.91 Å². The van der Waals surface area contributed by atoms with Crippen molar-refractivity contribution in [1.82, 2.24) is 0 Å². The van der Waals surface area contributed by atoms with Gasteiger partial charge in [-0.1, -0.05) is 85.8 Å². The summed E-state index contributed by atoms with van der Waals surface area (Å²) in [5, 5.41) is 3.14. The number of hydrogen-bond acceptors (Lipinski definition) is 1. The lowest BCUT2D eigenvalue weighted by Crippen LogP contribution is -2.21. The van der Waals surface area contributed by atoms with Crippen LogP contribution in [0.5, 0.6) is 0 Å². The molecule has 0 saturated heterocycles. The van der Waals surface area contributed by atoms with Gasteiger partial charge in [-0.2, -0.15) is 0 Å². The fourth-order valence-corrected chi connectivity index (χ4v) is 3.09. The van der Waals surface area contributed by atoms with Gasteiger partial charge in [-0.25, -0.2) is 0 Å². The predicted molar refractivity (Wildman–Crippen MR) is 104 cm³/mol. The van der Waals surface area contributed by atoms with E-state index in [-0.39, 0.29) is 11.8 Å². The van der Waals surface area contributed by atoms with E-state index in [1.165, 1.54) is 5.56 Å². The van der Waals surface area contributed by atoms with Crippen molar-refractivity contribution >= 4 is 11.6 Å². The number of anilines is 1. The maximum Gasteiger partial charge on any atom is 0.231 e. The summed E-state index contributed by atoms with van der Waals surface area (Å²) in [6.45, 7) is 2.05. The molecule has 3 aromatic carbocycles. The Hall–Kier alpha value is -2.87. The first kappa shape index (κ1) is 17.0. The third-order valence-corrected chi connectivity index (χ3v) is 4.44. The minimum atomic E-state index is -0.133. The van der Waals surface area contributed by atoms with Gasteiger partial charge in [-0.05, 0) is 35.6 Å². The van der Waals surface area contributed by atoms with Gasteiger partial charge < -0.3 is 5.32 Å². The summed E-state index contributed by atoms with van der Waals surface area (Å²) in [4.78, 5) is 12.8. The van der Waals surface area contributed by atoms with Gasteiger partial charge in [0.05, 0.1) is 5.92 Å². The highest BCUT2D eigenvalue weighted by molar-refractivity contribution is 5.96. The van der Waals surface area contributed by atoms with Crippen molar-refractivity contribution in [3.05, 3.63) is 102 Å². The smallest absolute Gasteiger partial charge is 0.231 e. The van der Waals surface area contributed by atoms with Gasteiger partial charge in [0.1, 0.15) is 0 Å². The van der Waals surface area contributed by atoms with Crippen molar-refractivity contribution in [2.75, 3.05) is 5.32 Å². The van der Waals surface area contributed by atoms with Crippen LogP contribution in [0.1, 0.15) is 36.0 Å². The molecule has 1 N–H and O–H groups in total. The summed E-state index contributed by atoms with van der Waals surface area (Å²) >= 11 is 0. The molecule has 3 aromatic rings. The molecule has 0 radical (unpaired) electrons. The van der Waals surface area contributed by atoms with Crippen LogP contribution in [0.25, 0.3) is 0 Å². The number of carbonyl (C=O) groups excluding carboxylic acids is 1. The van der Waals surface area contributed by atoms with Crippen LogP contribution >= 0.6 is 0 Å². The maximum atomic E-state index is 12.8. The summed E-state index contributed by atoms with van der Waals surface area (Å²) in [5.41, 5.74) is 4.32. The monoisotopic (exact) mass is 329 g/mol. The summed E-state index contributed by atoms with van der Waals surface area (Å²) < 4.78 is 0. The van der Waals surface area contributed by atoms with Gasteiger partial charge in [-0.3, -0.25) is 4.79 Å². The first-order valence-electron chi connectivity index (χ1n) is 8.75. The van der Waals surface area contributed by atoms with E-state index in [2.05, 4.69) is 23.5 Å². The zero-order valence-corrected chi connectivity index (χ0v) is 14.5. The maximum absolute atomic E-state index is 12.8. The third kappa shape index (κ3) is 4.36. The Labute approximate surface area is 149 Å². The molecule has 0 aliphatic carbocycles. The fourth-order valence-electron chi connectivity index (χ4n) is 3.09. The Kier molecular flexibility index (Phi) is 5.63. The summed E-state index contributed by atoms with van der Waals surface area (Å²) in [6.07, 6.45) is 1.58. The first-order valence-corrected chi connectivity index (χ1v) is 8.75. The lowest BCUT2D eigenvalue weighted by atomic mass is 9.95. The Morgan fingerprint density at radius 3 is 2.12 bits per heavy atom. The number of carbonyl (C=O) groups is 1. The largest absolute Gasteiger partial charge is 0.325 e. The Bertz CT molecular complexity index is 812. The third-order valence-electron chi connectivity index (χ3n) is 4.44. The average Bonchev–Trinajstić information content (AvgIpc) is 2.66. The van der Waals surface area contributed by atoms with Crippen LogP contribution in [-0.2, 0) is 11.2 Å². The molecule has 1 atom stereocenters. The molecule has 0 spiro atoms. The second-order valence-corrected chi connectivity index (χ2v) is 6.18. The van der Waals surface area contributed by atoms with Gasteiger partial charge >= 0.3 is 0 Å². The number of rotatable bonds is 6. The molecule has 0 saturated carbocycles. The van der Waals surface area contributed by atoms with Gasteiger partial charge in [0.25, 0.3) is 0 Å². The normalized spacial score (nSPS) is 11.7. The minimum absolute atomic E-state index is 0.0502. The zero-order chi connectivity index (χ0) is 17.5. The van der Waals surface area contributed by atoms with E-state index in [1.54, 1.807) is 0 Å². The molecular weight excluding hydrogens is 306 g/mol. The Morgan fingerprint density at radius 1 is 0.840 bits per heavy atom. The summed E-state index contributed by atoms with van der Waals surface area (Å²) in [7, 11) is 0. The molecule has 0 fully saturated rings. The quantitative estimate of drug-likeness (QED) is 0.643. The van der Waals surface area contributed by atoms with Gasteiger partial charge in [0.15, 0.2) is 0 Å². The fraction of sp³-hybridized carbons (Fsp3) is 0.174. The average molecular weight is 329 g/mol. The number of benzene rings is 3. The zero-order valence-electron chi connectivity index (χ0n) is 14.5. The van der Waals surface area contributed by atoms with Crippen molar-refractivity contribution < 1.29 is 4.79 Å². The molecule has 3 rings (SSSR count). The molecule has 0 aliphatic heterocycles. The van der Waals surface area contributed by atoms with E-state index in [1.807, 2.05) is 73.7 Å². The van der Waals surface area contributed by atoms with Crippen LogP contribution in [0, 0.1) is 0 Å². The highest BCUT2D eigenvalue weighted by Crippen LogP contribution is 2.24. The summed E-state index contributed by atoms with van der Waals surface area (Å²) in [6, 6.07) is 28.3. The van der Waals surface area contributed by atoms with Crippen LogP contribution in [-0.4, -0.2) is 5.91 Å². The predicted octanol–water partition coefficient (Wildman–Crippen LogP) is 5.41. The van der Waals surface area contributed by atoms with Crippen molar-refractivity contribution in [3.8, 4) is 0 Å². The molecule has 0 aliphatic rings. The SMILES string of the molecule is CC[C@@H](C(=O)Nc1ccccc1Cc1ccccc1)c1ccccc1. The molecule has 0 heterocycles. The van der Waals surface area contributed by atoms with Crippen LogP contribution in [0.2, 0.25) is 0 Å². The highest BCUT2D eigenvalue weighted by atomic mass is 16.1. The van der Waals surface area contributed by atoms with Gasteiger partial charge in [-0.15, -0.1) is 0 Å². The van der Waals surface area contributed by atoms with Gasteiger partial charge in [0, 0.05) is 5.69 Å². The second-order valence-electron chi connectivity index (χ2n) is 6.18. The Balaban J connectivity index is 1.79. The van der Waals surface area contributed by atoms with Crippen LogP contribution in [0.15, 0.2) is 84.9 Å². The minimum Gasteiger partial charge on any atom is -0.325 e. The van der Waals surface area contributed by atoms with E-state index in [0.717, 1.165) is 29.7 Å². The van der Waals surface area contributed by atoms with E-state index >= 15 is 0 Å². The molecule has 0 aromatic heterocycles. The van der Waals surface area contributed by atoms with E-state index in [0.29, 0.717) is 0 Å². The molecule has 2 nitrogen and oxygen atoms in total. The molecule has 1 amide bonds. The van der Waals surface area contributed by atoms with Crippen molar-refractivity contribution in [2.24, 2.45) is 0 Å². The number of para-hydroxylation sites is 1. The van der Waals surface area contributed by atoms with E-state index < -0.39 is 0 Å². The molecule has 0 unspecified atom stereocenters. The number of nitrogens with one attached hydrogen (secondary N) is 1. The standard InChI is InChI=1S/C23H23NO/c1-2-21(19-13-7-4-8-14-19)23(25)24-22-16-10-9-15-20(22)17-18-11-5-3-6-12-18/h3-16,21H,2,17H2,1H3,(H,24,25)/t21-/m1/s1. The van der Waals surface area contributed by atoms with E-state index in [4.69, 9.17) is 0 Å². The first-order chi connectivity index (χ1) is 12.3. The number of amides is 1. The lowest BCUT2D eigenvalue weighted by Gasteiger charge is -2.17. The summed E-state index contributed by atoms with van der Waals surface area (Å²) in [5.74, 6) is -0.0832. The van der Waals surface area contributed by atoms with Crippen LogP contribution in [0.4, 0.5) is 5.69 Å². The molecule has 0 bridgehead atoms. The second kappa shape index (κ2) is 8.29. The lowest BCUT2D eigenvalue weighted by molar-refractivity contribution is -0.117.